The third-order valence-corrected chi connectivity index (χ3v) is 3.21. The minimum atomic E-state index is -0.750. The SMILES string of the molecule is CC1CC(C(=O)O)CN(c2ccc(C#N)cn2)C1. The molecule has 94 valence electrons. The summed E-state index contributed by atoms with van der Waals surface area (Å²) in [5.74, 6) is -0.0181. The molecule has 0 spiro atoms. The van der Waals surface area contributed by atoms with E-state index in [4.69, 9.17) is 10.4 Å². The Morgan fingerprint density at radius 3 is 2.89 bits per heavy atom. The summed E-state index contributed by atoms with van der Waals surface area (Å²) in [6.45, 7) is 3.34. The monoisotopic (exact) mass is 245 g/mol. The van der Waals surface area contributed by atoms with E-state index in [-0.39, 0.29) is 5.92 Å². The molecule has 2 heterocycles. The number of nitriles is 1. The van der Waals surface area contributed by atoms with E-state index < -0.39 is 5.97 Å². The summed E-state index contributed by atoms with van der Waals surface area (Å²) in [5, 5.41) is 17.8. The Hall–Kier alpha value is -2.09. The minimum absolute atomic E-state index is 0.331. The molecule has 1 N–H and O–H groups in total. The van der Waals surface area contributed by atoms with Crippen molar-refractivity contribution in [3.05, 3.63) is 23.9 Å². The van der Waals surface area contributed by atoms with E-state index in [2.05, 4.69) is 4.98 Å². The van der Waals surface area contributed by atoms with Gasteiger partial charge in [-0.3, -0.25) is 4.79 Å². The van der Waals surface area contributed by atoms with E-state index in [1.165, 1.54) is 6.20 Å². The van der Waals surface area contributed by atoms with Crippen LogP contribution >= 0.6 is 0 Å². The predicted molar refractivity (Wildman–Crippen MR) is 66.1 cm³/mol. The molecule has 0 bridgehead atoms. The van der Waals surface area contributed by atoms with Gasteiger partial charge in [-0.05, 0) is 24.5 Å². The number of carboxylic acid groups (broad SMARTS) is 1. The first-order valence-electron chi connectivity index (χ1n) is 5.94. The van der Waals surface area contributed by atoms with Gasteiger partial charge in [-0.2, -0.15) is 5.26 Å². The highest BCUT2D eigenvalue weighted by atomic mass is 16.4. The number of rotatable bonds is 2. The molecule has 18 heavy (non-hydrogen) atoms. The van der Waals surface area contributed by atoms with E-state index >= 15 is 0 Å². The van der Waals surface area contributed by atoms with Crippen LogP contribution in [0.5, 0.6) is 0 Å². The molecule has 1 aliphatic heterocycles. The number of aromatic nitrogens is 1. The number of aliphatic carboxylic acids is 1. The lowest BCUT2D eigenvalue weighted by atomic mass is 9.90. The van der Waals surface area contributed by atoms with Crippen LogP contribution in [0.2, 0.25) is 0 Å². The quantitative estimate of drug-likeness (QED) is 0.854. The largest absolute Gasteiger partial charge is 0.481 e. The third-order valence-electron chi connectivity index (χ3n) is 3.21. The van der Waals surface area contributed by atoms with Crippen LogP contribution in [-0.4, -0.2) is 29.1 Å². The van der Waals surface area contributed by atoms with E-state index in [1.807, 2.05) is 17.9 Å². The molecule has 0 radical (unpaired) electrons. The van der Waals surface area contributed by atoms with Crippen LogP contribution in [0.25, 0.3) is 0 Å². The van der Waals surface area contributed by atoms with E-state index in [0.717, 1.165) is 12.4 Å². The summed E-state index contributed by atoms with van der Waals surface area (Å²) in [6, 6.07) is 5.50. The van der Waals surface area contributed by atoms with Crippen LogP contribution in [0, 0.1) is 23.2 Å². The van der Waals surface area contributed by atoms with Crippen LogP contribution in [0.15, 0.2) is 18.3 Å². The molecule has 0 saturated carbocycles. The first-order valence-corrected chi connectivity index (χ1v) is 5.94. The number of hydrogen-bond donors (Lipinski definition) is 1. The Balaban J connectivity index is 2.16. The van der Waals surface area contributed by atoms with Crippen molar-refractivity contribution < 1.29 is 9.90 Å². The van der Waals surface area contributed by atoms with Crippen LogP contribution < -0.4 is 4.90 Å². The van der Waals surface area contributed by atoms with Crippen LogP contribution in [0.4, 0.5) is 5.82 Å². The summed E-state index contributed by atoms with van der Waals surface area (Å²) >= 11 is 0. The fraction of sp³-hybridized carbons (Fsp3) is 0.462. The second kappa shape index (κ2) is 5.05. The maximum atomic E-state index is 11.1. The van der Waals surface area contributed by atoms with Gasteiger partial charge in [0.25, 0.3) is 0 Å². The molecular formula is C13H15N3O2. The van der Waals surface area contributed by atoms with Gasteiger partial charge in [-0.25, -0.2) is 4.98 Å². The maximum absolute atomic E-state index is 11.1. The topological polar surface area (TPSA) is 77.2 Å². The van der Waals surface area contributed by atoms with Gasteiger partial charge < -0.3 is 10.0 Å². The lowest BCUT2D eigenvalue weighted by molar-refractivity contribution is -0.142. The van der Waals surface area contributed by atoms with Crippen molar-refractivity contribution in [2.24, 2.45) is 11.8 Å². The zero-order chi connectivity index (χ0) is 13.1. The predicted octanol–water partition coefficient (Wildman–Crippen LogP) is 1.50. The molecule has 1 aromatic rings. The molecule has 5 nitrogen and oxygen atoms in total. The molecule has 5 heteroatoms. The highest BCUT2D eigenvalue weighted by Gasteiger charge is 2.29. The van der Waals surface area contributed by atoms with Crippen molar-refractivity contribution >= 4 is 11.8 Å². The Labute approximate surface area is 106 Å². The molecule has 1 aliphatic rings. The average molecular weight is 245 g/mol. The van der Waals surface area contributed by atoms with Gasteiger partial charge in [0.1, 0.15) is 11.9 Å². The summed E-state index contributed by atoms with van der Waals surface area (Å²) in [7, 11) is 0. The fourth-order valence-electron chi connectivity index (χ4n) is 2.36. The maximum Gasteiger partial charge on any atom is 0.308 e. The molecule has 0 aliphatic carbocycles. The third kappa shape index (κ3) is 2.59. The summed E-state index contributed by atoms with van der Waals surface area (Å²) in [5.41, 5.74) is 0.513. The van der Waals surface area contributed by atoms with Gasteiger partial charge in [0.2, 0.25) is 0 Å². The Bertz CT molecular complexity index is 478. The van der Waals surface area contributed by atoms with Gasteiger partial charge in [0.15, 0.2) is 0 Å². The van der Waals surface area contributed by atoms with Crippen LogP contribution in [0.3, 0.4) is 0 Å². The van der Waals surface area contributed by atoms with Crippen molar-refractivity contribution in [2.45, 2.75) is 13.3 Å². The second-order valence-corrected chi connectivity index (χ2v) is 4.80. The van der Waals surface area contributed by atoms with Gasteiger partial charge in [0.05, 0.1) is 11.5 Å². The first kappa shape index (κ1) is 12.4. The fourth-order valence-corrected chi connectivity index (χ4v) is 2.36. The normalized spacial score (nSPS) is 23.4. The van der Waals surface area contributed by atoms with Gasteiger partial charge >= 0.3 is 5.97 Å². The summed E-state index contributed by atoms with van der Waals surface area (Å²) in [4.78, 5) is 17.3. The Morgan fingerprint density at radius 2 is 2.33 bits per heavy atom. The number of nitrogens with zero attached hydrogens (tertiary/aromatic N) is 3. The number of pyridine rings is 1. The minimum Gasteiger partial charge on any atom is -0.481 e. The van der Waals surface area contributed by atoms with Crippen molar-refractivity contribution in [3.8, 4) is 6.07 Å². The molecule has 2 atom stereocenters. The highest BCUT2D eigenvalue weighted by Crippen LogP contribution is 2.25. The summed E-state index contributed by atoms with van der Waals surface area (Å²) in [6.07, 6.45) is 2.23. The Kier molecular flexibility index (Phi) is 3.47. The number of piperidine rings is 1. The van der Waals surface area contributed by atoms with Gasteiger partial charge in [-0.15, -0.1) is 0 Å². The van der Waals surface area contributed by atoms with Crippen molar-refractivity contribution in [1.82, 2.24) is 4.98 Å². The molecule has 1 fully saturated rings. The number of hydrogen-bond acceptors (Lipinski definition) is 4. The van der Waals surface area contributed by atoms with Crippen molar-refractivity contribution in [3.63, 3.8) is 0 Å². The number of carboxylic acids is 1. The van der Waals surface area contributed by atoms with Crippen molar-refractivity contribution in [2.75, 3.05) is 18.0 Å². The van der Waals surface area contributed by atoms with E-state index in [9.17, 15) is 4.79 Å². The number of anilines is 1. The smallest absolute Gasteiger partial charge is 0.308 e. The highest BCUT2D eigenvalue weighted by molar-refractivity contribution is 5.71. The van der Waals surface area contributed by atoms with Crippen LogP contribution in [-0.2, 0) is 4.79 Å². The summed E-state index contributed by atoms with van der Waals surface area (Å²) < 4.78 is 0. The number of carbonyl (C=O) groups is 1. The van der Waals surface area contributed by atoms with E-state index in [0.29, 0.717) is 24.4 Å². The Morgan fingerprint density at radius 1 is 1.56 bits per heavy atom. The average Bonchev–Trinajstić information content (AvgIpc) is 2.38. The molecule has 0 amide bonds. The van der Waals surface area contributed by atoms with E-state index in [1.54, 1.807) is 12.1 Å². The zero-order valence-electron chi connectivity index (χ0n) is 10.2. The van der Waals surface area contributed by atoms with Crippen LogP contribution in [0.1, 0.15) is 18.9 Å². The van der Waals surface area contributed by atoms with Crippen molar-refractivity contribution in [1.29, 1.82) is 5.26 Å². The lowest BCUT2D eigenvalue weighted by Gasteiger charge is -2.35. The standard InChI is InChI=1S/C13H15N3O2/c1-9-4-11(13(17)18)8-16(7-9)12-3-2-10(5-14)6-15-12/h2-3,6,9,11H,4,7-8H2,1H3,(H,17,18). The molecule has 1 aromatic heterocycles. The molecule has 2 rings (SSSR count). The second-order valence-electron chi connectivity index (χ2n) is 4.80. The lowest BCUT2D eigenvalue weighted by Crippen LogP contribution is -2.42. The molecule has 0 aromatic carbocycles. The molecular weight excluding hydrogens is 230 g/mol. The van der Waals surface area contributed by atoms with Gasteiger partial charge in [0, 0.05) is 19.3 Å². The first-order chi connectivity index (χ1) is 8.60. The van der Waals surface area contributed by atoms with Gasteiger partial charge in [-0.1, -0.05) is 6.92 Å². The molecule has 2 unspecified atom stereocenters. The zero-order valence-corrected chi connectivity index (χ0v) is 10.2. The molecule has 1 saturated heterocycles.